The summed E-state index contributed by atoms with van der Waals surface area (Å²) in [6.07, 6.45) is 8.75. The molecule has 4 nitrogen and oxygen atoms in total. The number of benzene rings is 1. The Balaban J connectivity index is 1.69. The van der Waals surface area contributed by atoms with Gasteiger partial charge in [0, 0.05) is 18.2 Å². The second-order valence-corrected chi connectivity index (χ2v) is 5.87. The molecule has 0 unspecified atom stereocenters. The van der Waals surface area contributed by atoms with Crippen LogP contribution in [0.3, 0.4) is 0 Å². The molecule has 0 atom stereocenters. The molecule has 3 rings (SSSR count). The Morgan fingerprint density at radius 1 is 0.913 bits per heavy atom. The molecule has 2 aromatic rings. The summed E-state index contributed by atoms with van der Waals surface area (Å²) in [6.45, 7) is 0. The Hall–Kier alpha value is -2.24. The summed E-state index contributed by atoms with van der Waals surface area (Å²) in [5.41, 5.74) is 0.186. The van der Waals surface area contributed by atoms with Crippen LogP contribution in [0.1, 0.15) is 38.5 Å². The van der Waals surface area contributed by atoms with Crippen LogP contribution in [0.5, 0.6) is 0 Å². The Kier molecular flexibility index (Phi) is 5.00. The average Bonchev–Trinajstić information content (AvgIpc) is 2.79. The van der Waals surface area contributed by atoms with E-state index in [1.807, 2.05) is 0 Å². The zero-order valence-electron chi connectivity index (χ0n) is 12.9. The summed E-state index contributed by atoms with van der Waals surface area (Å²) in [5, 5.41) is 6.28. The molecule has 1 aliphatic carbocycles. The third-order valence-corrected chi connectivity index (χ3v) is 4.07. The van der Waals surface area contributed by atoms with Gasteiger partial charge in [0.1, 0.15) is 29.6 Å². The summed E-state index contributed by atoms with van der Waals surface area (Å²) >= 11 is 0. The first-order valence-electron chi connectivity index (χ1n) is 8.01. The fraction of sp³-hybridized carbons (Fsp3) is 0.412. The Labute approximate surface area is 134 Å². The van der Waals surface area contributed by atoms with E-state index in [1.54, 1.807) is 6.07 Å². The topological polar surface area (TPSA) is 49.8 Å². The van der Waals surface area contributed by atoms with Crippen molar-refractivity contribution in [1.29, 1.82) is 0 Å². The van der Waals surface area contributed by atoms with Crippen LogP contribution in [-0.4, -0.2) is 16.0 Å². The number of halogens is 2. The van der Waals surface area contributed by atoms with E-state index in [2.05, 4.69) is 20.6 Å². The molecule has 0 bridgehead atoms. The summed E-state index contributed by atoms with van der Waals surface area (Å²) in [6, 6.07) is 5.56. The molecule has 6 heteroatoms. The van der Waals surface area contributed by atoms with E-state index in [0.717, 1.165) is 24.7 Å². The van der Waals surface area contributed by atoms with Crippen molar-refractivity contribution >= 4 is 17.3 Å². The van der Waals surface area contributed by atoms with Gasteiger partial charge in [-0.05, 0) is 25.0 Å². The Morgan fingerprint density at radius 2 is 1.65 bits per heavy atom. The average molecular weight is 318 g/mol. The second-order valence-electron chi connectivity index (χ2n) is 5.87. The van der Waals surface area contributed by atoms with E-state index >= 15 is 0 Å². The summed E-state index contributed by atoms with van der Waals surface area (Å²) in [5.74, 6) is -0.0631. The largest absolute Gasteiger partial charge is 0.367 e. The summed E-state index contributed by atoms with van der Waals surface area (Å²) < 4.78 is 26.6. The SMILES string of the molecule is Fc1ccc(Nc2cc(NC3CCCCCC3)ncn2)c(F)c1. The van der Waals surface area contributed by atoms with Gasteiger partial charge < -0.3 is 10.6 Å². The van der Waals surface area contributed by atoms with Crippen LogP contribution < -0.4 is 10.6 Å². The fourth-order valence-electron chi connectivity index (χ4n) is 2.87. The molecule has 1 aromatic carbocycles. The van der Waals surface area contributed by atoms with Crippen molar-refractivity contribution in [2.24, 2.45) is 0 Å². The molecular formula is C17H20F2N4. The minimum Gasteiger partial charge on any atom is -0.367 e. The monoisotopic (exact) mass is 318 g/mol. The molecule has 1 saturated carbocycles. The number of aromatic nitrogens is 2. The number of hydrogen-bond acceptors (Lipinski definition) is 4. The highest BCUT2D eigenvalue weighted by Crippen LogP contribution is 2.23. The van der Waals surface area contributed by atoms with Gasteiger partial charge in [-0.3, -0.25) is 0 Å². The number of nitrogens with one attached hydrogen (secondary N) is 2. The molecular weight excluding hydrogens is 298 g/mol. The van der Waals surface area contributed by atoms with E-state index in [1.165, 1.54) is 44.1 Å². The maximum Gasteiger partial charge on any atom is 0.149 e. The molecule has 2 N–H and O–H groups in total. The molecule has 1 aliphatic rings. The van der Waals surface area contributed by atoms with Gasteiger partial charge in [0.2, 0.25) is 0 Å². The Bertz CT molecular complexity index is 655. The molecule has 122 valence electrons. The zero-order chi connectivity index (χ0) is 16.1. The fourth-order valence-corrected chi connectivity index (χ4v) is 2.87. The van der Waals surface area contributed by atoms with Crippen molar-refractivity contribution in [3.8, 4) is 0 Å². The minimum absolute atomic E-state index is 0.186. The van der Waals surface area contributed by atoms with Crippen LogP contribution in [0.15, 0.2) is 30.6 Å². The number of nitrogens with zero attached hydrogens (tertiary/aromatic N) is 2. The second kappa shape index (κ2) is 7.35. The molecule has 0 spiro atoms. The molecule has 0 aliphatic heterocycles. The Morgan fingerprint density at radius 3 is 2.39 bits per heavy atom. The first kappa shape index (κ1) is 15.6. The third-order valence-electron chi connectivity index (χ3n) is 4.07. The van der Waals surface area contributed by atoms with Gasteiger partial charge in [0.25, 0.3) is 0 Å². The summed E-state index contributed by atoms with van der Waals surface area (Å²) in [7, 11) is 0. The van der Waals surface area contributed by atoms with Gasteiger partial charge in [0.05, 0.1) is 5.69 Å². The van der Waals surface area contributed by atoms with E-state index < -0.39 is 11.6 Å². The first-order valence-corrected chi connectivity index (χ1v) is 8.01. The summed E-state index contributed by atoms with van der Waals surface area (Å²) in [4.78, 5) is 8.31. The highest BCUT2D eigenvalue weighted by molar-refractivity contribution is 5.59. The van der Waals surface area contributed by atoms with Gasteiger partial charge >= 0.3 is 0 Å². The molecule has 0 saturated heterocycles. The highest BCUT2D eigenvalue weighted by atomic mass is 19.1. The van der Waals surface area contributed by atoms with E-state index in [-0.39, 0.29) is 5.69 Å². The van der Waals surface area contributed by atoms with Crippen molar-refractivity contribution in [3.63, 3.8) is 0 Å². The molecule has 23 heavy (non-hydrogen) atoms. The van der Waals surface area contributed by atoms with Crippen LogP contribution in [0.2, 0.25) is 0 Å². The number of anilines is 3. The molecule has 0 radical (unpaired) electrons. The van der Waals surface area contributed by atoms with Crippen molar-refractivity contribution in [3.05, 3.63) is 42.2 Å². The predicted octanol–water partition coefficient (Wildman–Crippen LogP) is 4.63. The van der Waals surface area contributed by atoms with Gasteiger partial charge in [0.15, 0.2) is 0 Å². The molecule has 1 heterocycles. The third kappa shape index (κ3) is 4.37. The lowest BCUT2D eigenvalue weighted by molar-refractivity contribution is 0.586. The van der Waals surface area contributed by atoms with Crippen molar-refractivity contribution < 1.29 is 8.78 Å². The van der Waals surface area contributed by atoms with Crippen LogP contribution >= 0.6 is 0 Å². The van der Waals surface area contributed by atoms with Crippen molar-refractivity contribution in [1.82, 2.24) is 9.97 Å². The highest BCUT2D eigenvalue weighted by Gasteiger charge is 2.13. The maximum atomic E-state index is 13.7. The van der Waals surface area contributed by atoms with E-state index in [4.69, 9.17) is 0 Å². The molecule has 1 fully saturated rings. The number of rotatable bonds is 4. The standard InChI is InChI=1S/C17H20F2N4/c18-12-7-8-15(14(19)9-12)23-17-10-16(20-11-21-17)22-13-5-3-1-2-4-6-13/h7-11,13H,1-6H2,(H2,20,21,22,23). The minimum atomic E-state index is -0.651. The lowest BCUT2D eigenvalue weighted by Gasteiger charge is -2.17. The van der Waals surface area contributed by atoms with Gasteiger partial charge in [-0.15, -0.1) is 0 Å². The maximum absolute atomic E-state index is 13.7. The van der Waals surface area contributed by atoms with Gasteiger partial charge in [-0.1, -0.05) is 25.7 Å². The van der Waals surface area contributed by atoms with E-state index in [9.17, 15) is 8.78 Å². The normalized spacial score (nSPS) is 15.9. The van der Waals surface area contributed by atoms with Crippen LogP contribution in [0.25, 0.3) is 0 Å². The smallest absolute Gasteiger partial charge is 0.149 e. The quantitative estimate of drug-likeness (QED) is 0.807. The van der Waals surface area contributed by atoms with Crippen LogP contribution in [0, 0.1) is 11.6 Å². The van der Waals surface area contributed by atoms with Crippen LogP contribution in [0.4, 0.5) is 26.1 Å². The van der Waals surface area contributed by atoms with Crippen molar-refractivity contribution in [2.75, 3.05) is 10.6 Å². The number of hydrogen-bond donors (Lipinski definition) is 2. The van der Waals surface area contributed by atoms with Gasteiger partial charge in [-0.2, -0.15) is 0 Å². The zero-order valence-corrected chi connectivity index (χ0v) is 12.9. The predicted molar refractivity (Wildman–Crippen MR) is 86.8 cm³/mol. The van der Waals surface area contributed by atoms with Crippen LogP contribution in [-0.2, 0) is 0 Å². The van der Waals surface area contributed by atoms with E-state index in [0.29, 0.717) is 11.9 Å². The van der Waals surface area contributed by atoms with Gasteiger partial charge in [-0.25, -0.2) is 18.7 Å². The lowest BCUT2D eigenvalue weighted by Crippen LogP contribution is -2.19. The molecule has 0 amide bonds. The lowest BCUT2D eigenvalue weighted by atomic mass is 10.1. The van der Waals surface area contributed by atoms with Crippen molar-refractivity contribution in [2.45, 2.75) is 44.6 Å². The molecule has 1 aromatic heterocycles. The first-order chi connectivity index (χ1) is 11.2.